The van der Waals surface area contributed by atoms with E-state index in [1.807, 2.05) is 0 Å². The molecule has 2 unspecified atom stereocenters. The Morgan fingerprint density at radius 1 is 1.07 bits per heavy atom. The molecule has 2 amide bonds. The highest BCUT2D eigenvalue weighted by molar-refractivity contribution is 6.30. The molecule has 0 saturated heterocycles. The molecule has 220 valence electrons. The first-order chi connectivity index (χ1) is 19.0. The van der Waals surface area contributed by atoms with Gasteiger partial charge < -0.3 is 16.2 Å². The van der Waals surface area contributed by atoms with Gasteiger partial charge in [0.05, 0.1) is 12.1 Å². The second-order valence-corrected chi connectivity index (χ2v) is 9.95. The summed E-state index contributed by atoms with van der Waals surface area (Å²) in [5.41, 5.74) is 1.19. The van der Waals surface area contributed by atoms with Gasteiger partial charge in [0.15, 0.2) is 11.9 Å². The van der Waals surface area contributed by atoms with Gasteiger partial charge in [-0.2, -0.15) is 26.3 Å². The number of amides is 2. The number of carbonyl (C=O) groups is 2. The van der Waals surface area contributed by atoms with Gasteiger partial charge in [0.1, 0.15) is 12.1 Å². The minimum atomic E-state index is -5.08. The maximum atomic E-state index is 13.4. The van der Waals surface area contributed by atoms with Gasteiger partial charge in [0.2, 0.25) is 11.8 Å². The highest BCUT2D eigenvalue weighted by Gasteiger charge is 2.53. The number of primary amides is 1. The first-order valence-corrected chi connectivity index (χ1v) is 12.4. The molecule has 4 rings (SSSR count). The third kappa shape index (κ3) is 6.25. The van der Waals surface area contributed by atoms with E-state index in [9.17, 15) is 45.8 Å². The van der Waals surface area contributed by atoms with E-state index in [1.54, 1.807) is 0 Å². The van der Waals surface area contributed by atoms with Gasteiger partial charge in [0.25, 0.3) is 0 Å². The van der Waals surface area contributed by atoms with Crippen LogP contribution in [0.5, 0.6) is 0 Å². The lowest BCUT2D eigenvalue weighted by Gasteiger charge is -2.33. The summed E-state index contributed by atoms with van der Waals surface area (Å²) >= 11 is 5.86. The van der Waals surface area contributed by atoms with Crippen LogP contribution in [0.2, 0.25) is 5.02 Å². The van der Waals surface area contributed by atoms with Crippen LogP contribution in [-0.2, 0) is 34.4 Å². The van der Waals surface area contributed by atoms with Crippen molar-refractivity contribution in [1.29, 1.82) is 0 Å². The zero-order valence-corrected chi connectivity index (χ0v) is 21.6. The van der Waals surface area contributed by atoms with Crippen molar-refractivity contribution in [3.63, 3.8) is 0 Å². The largest absolute Gasteiger partial charge is 0.416 e. The maximum absolute atomic E-state index is 13.4. The molecule has 9 nitrogen and oxygen atoms in total. The van der Waals surface area contributed by atoms with Crippen LogP contribution >= 0.6 is 11.6 Å². The zero-order chi connectivity index (χ0) is 30.3. The van der Waals surface area contributed by atoms with Crippen molar-refractivity contribution in [1.82, 2.24) is 19.7 Å². The number of nitrogens with one attached hydrogen (secondary N) is 1. The molecule has 1 fully saturated rings. The number of nitrogens with zero attached hydrogens (tertiary/aromatic N) is 3. The number of hydrogen-bond donors (Lipinski definition) is 3. The van der Waals surface area contributed by atoms with Gasteiger partial charge in [-0.25, -0.2) is 9.48 Å². The fourth-order valence-corrected chi connectivity index (χ4v) is 4.59. The molecular weight excluding hydrogens is 584 g/mol. The summed E-state index contributed by atoms with van der Waals surface area (Å²) in [5.74, 6) is -3.18. The Morgan fingerprint density at radius 3 is 2.22 bits per heavy atom. The highest BCUT2D eigenvalue weighted by atomic mass is 35.5. The van der Waals surface area contributed by atoms with Gasteiger partial charge in [0, 0.05) is 10.6 Å². The minimum absolute atomic E-state index is 0.133. The third-order valence-electron chi connectivity index (χ3n) is 6.61. The number of nitrogens with two attached hydrogens (primary N) is 1. The molecule has 0 radical (unpaired) electrons. The van der Waals surface area contributed by atoms with Crippen LogP contribution in [0.1, 0.15) is 24.0 Å². The number of aliphatic hydroxyl groups is 1. The second-order valence-electron chi connectivity index (χ2n) is 9.51. The number of rotatable bonds is 9. The van der Waals surface area contributed by atoms with Crippen LogP contribution in [-0.4, -0.2) is 43.5 Å². The summed E-state index contributed by atoms with van der Waals surface area (Å²) < 4.78 is 80.5. The average Bonchev–Trinajstić information content (AvgIpc) is 3.69. The Hall–Kier alpha value is -3.85. The number of hydrogen-bond acceptors (Lipinski definition) is 5. The van der Waals surface area contributed by atoms with Crippen LogP contribution in [0.15, 0.2) is 53.3 Å². The smallest absolute Gasteiger partial charge is 0.382 e. The van der Waals surface area contributed by atoms with E-state index in [1.165, 1.54) is 30.3 Å². The Morgan fingerprint density at radius 2 is 1.68 bits per heavy atom. The van der Waals surface area contributed by atoms with Gasteiger partial charge >= 0.3 is 18.0 Å². The lowest BCUT2D eigenvalue weighted by Crippen LogP contribution is -2.57. The number of halogens is 7. The van der Waals surface area contributed by atoms with E-state index in [0.717, 1.165) is 12.1 Å². The second kappa shape index (κ2) is 10.9. The van der Waals surface area contributed by atoms with Crippen molar-refractivity contribution in [2.75, 3.05) is 0 Å². The van der Waals surface area contributed by atoms with Gasteiger partial charge in [-0.3, -0.25) is 14.2 Å². The monoisotopic (exact) mass is 605 g/mol. The predicted molar refractivity (Wildman–Crippen MR) is 132 cm³/mol. The third-order valence-corrected chi connectivity index (χ3v) is 6.86. The first kappa shape index (κ1) is 30.1. The van der Waals surface area contributed by atoms with E-state index in [-0.39, 0.29) is 22.0 Å². The van der Waals surface area contributed by atoms with E-state index < -0.39 is 66.1 Å². The number of aliphatic hydroxyl groups excluding tert-OH is 1. The fraction of sp³-hybridized carbons (Fsp3) is 0.360. The average molecular weight is 606 g/mol. The molecule has 2 aromatic carbocycles. The molecule has 1 aliphatic carbocycles. The van der Waals surface area contributed by atoms with Crippen LogP contribution in [0, 0.1) is 5.92 Å². The Labute approximate surface area is 232 Å². The summed E-state index contributed by atoms with van der Waals surface area (Å²) in [7, 11) is 0. The summed E-state index contributed by atoms with van der Waals surface area (Å²) in [5, 5.41) is 16.2. The fourth-order valence-electron chi connectivity index (χ4n) is 4.47. The molecule has 1 saturated carbocycles. The van der Waals surface area contributed by atoms with Gasteiger partial charge in [-0.1, -0.05) is 23.7 Å². The molecule has 1 aromatic heterocycles. The van der Waals surface area contributed by atoms with Crippen molar-refractivity contribution < 1.29 is 41.0 Å². The summed E-state index contributed by atoms with van der Waals surface area (Å²) in [6.45, 7) is -2.19. The molecule has 0 spiro atoms. The van der Waals surface area contributed by atoms with E-state index in [0.29, 0.717) is 28.2 Å². The number of benzene rings is 2. The van der Waals surface area contributed by atoms with Gasteiger partial charge in [-0.15, -0.1) is 5.10 Å². The Kier molecular flexibility index (Phi) is 7.97. The Balaban J connectivity index is 1.71. The zero-order valence-electron chi connectivity index (χ0n) is 20.8. The molecule has 4 N–H and O–H groups in total. The normalized spacial score (nSPS) is 16.2. The molecule has 1 heterocycles. The van der Waals surface area contributed by atoms with Crippen molar-refractivity contribution in [2.45, 2.75) is 49.9 Å². The molecule has 2 atom stereocenters. The molecule has 41 heavy (non-hydrogen) atoms. The lowest BCUT2D eigenvalue weighted by atomic mass is 9.83. The number of carbonyl (C=O) groups excluding carboxylic acids is 2. The molecular formula is C25H22ClF6N5O4. The van der Waals surface area contributed by atoms with Crippen LogP contribution in [0.3, 0.4) is 0 Å². The maximum Gasteiger partial charge on any atom is 0.416 e. The van der Waals surface area contributed by atoms with E-state index in [4.69, 9.17) is 17.3 Å². The van der Waals surface area contributed by atoms with Crippen LogP contribution in [0.4, 0.5) is 26.3 Å². The van der Waals surface area contributed by atoms with Crippen molar-refractivity contribution >= 4 is 23.4 Å². The molecule has 0 bridgehead atoms. The predicted octanol–water partition coefficient (Wildman–Crippen LogP) is 3.21. The van der Waals surface area contributed by atoms with E-state index >= 15 is 0 Å². The molecule has 0 aliphatic heterocycles. The van der Waals surface area contributed by atoms with Crippen molar-refractivity contribution in [2.24, 2.45) is 11.7 Å². The quantitative estimate of drug-likeness (QED) is 0.322. The van der Waals surface area contributed by atoms with E-state index in [2.05, 4.69) is 10.4 Å². The molecule has 3 aromatic rings. The standard InChI is InChI=1S/C25H22ClF6N5O4/c26-17-8-4-13(5-9-17)20-35-37(22(41)36(20)11-18(38)25(30,31)32)12-19(39)34-23(21(33)40,14-6-7-14)15-2-1-3-16(10-15)24(27,28)29/h1-5,8-10,14,18,38H,6-7,11-12H2,(H2,33,40)(H,34,39). The van der Waals surface area contributed by atoms with Crippen molar-refractivity contribution in [3.05, 3.63) is 75.2 Å². The SMILES string of the molecule is NC(=O)C(NC(=O)Cn1nc(-c2ccc(Cl)cc2)n(CC(O)C(F)(F)F)c1=O)(c1cccc(C(F)(F)F)c1)C1CC1. The summed E-state index contributed by atoms with van der Waals surface area (Å²) in [6.07, 6.45) is -12.1. The van der Waals surface area contributed by atoms with Gasteiger partial charge in [-0.05, 0) is 60.7 Å². The summed E-state index contributed by atoms with van der Waals surface area (Å²) in [6, 6.07) is 9.20. The van der Waals surface area contributed by atoms with Crippen LogP contribution in [0.25, 0.3) is 11.4 Å². The lowest BCUT2D eigenvalue weighted by molar-refractivity contribution is -0.207. The molecule has 16 heteroatoms. The highest BCUT2D eigenvalue weighted by Crippen LogP contribution is 2.46. The minimum Gasteiger partial charge on any atom is -0.382 e. The van der Waals surface area contributed by atoms with Crippen LogP contribution < -0.4 is 16.7 Å². The summed E-state index contributed by atoms with van der Waals surface area (Å²) in [4.78, 5) is 38.9. The Bertz CT molecular complexity index is 1510. The topological polar surface area (TPSA) is 132 Å². The molecule has 1 aliphatic rings. The first-order valence-electron chi connectivity index (χ1n) is 12.0. The number of aromatic nitrogens is 3. The van der Waals surface area contributed by atoms with Crippen molar-refractivity contribution in [3.8, 4) is 11.4 Å². The number of alkyl halides is 6.